The van der Waals surface area contributed by atoms with E-state index in [-0.39, 0.29) is 0 Å². The van der Waals surface area contributed by atoms with Crippen LogP contribution in [-0.4, -0.2) is 18.3 Å². The fourth-order valence-corrected chi connectivity index (χ4v) is 3.27. The molecule has 0 aliphatic rings. The highest BCUT2D eigenvalue weighted by Crippen LogP contribution is 2.23. The molecule has 0 radical (unpaired) electrons. The Labute approximate surface area is 123 Å². The minimum absolute atomic E-state index is 0.542. The lowest BCUT2D eigenvalue weighted by molar-refractivity contribution is 0.545. The number of rotatable bonds is 7. The smallest absolute Gasteiger partial charge is 0.0186 e. The molecule has 0 saturated heterocycles. The van der Waals surface area contributed by atoms with Gasteiger partial charge >= 0.3 is 0 Å². The van der Waals surface area contributed by atoms with Crippen LogP contribution in [0.15, 0.2) is 33.6 Å². The first kappa shape index (κ1) is 15.6. The lowest BCUT2D eigenvalue weighted by Crippen LogP contribution is -2.30. The molecule has 1 nitrogen and oxygen atoms in total. The van der Waals surface area contributed by atoms with E-state index in [9.17, 15) is 0 Å². The van der Waals surface area contributed by atoms with Crippen molar-refractivity contribution in [3.8, 4) is 11.8 Å². The van der Waals surface area contributed by atoms with E-state index >= 15 is 0 Å². The van der Waals surface area contributed by atoms with Crippen LogP contribution < -0.4 is 5.32 Å². The third kappa shape index (κ3) is 6.49. The molecule has 1 atom stereocenters. The molecule has 0 aliphatic carbocycles. The molecule has 98 valence electrons. The minimum Gasteiger partial charge on any atom is -0.313 e. The number of halogens is 1. The largest absolute Gasteiger partial charge is 0.313 e. The van der Waals surface area contributed by atoms with E-state index in [1.807, 2.05) is 18.7 Å². The first-order valence-corrected chi connectivity index (χ1v) is 8.05. The second kappa shape index (κ2) is 9.49. The summed E-state index contributed by atoms with van der Waals surface area (Å²) in [5.74, 6) is 7.19. The molecule has 3 heteroatoms. The van der Waals surface area contributed by atoms with Gasteiger partial charge in [-0.3, -0.25) is 0 Å². The highest BCUT2D eigenvalue weighted by atomic mass is 79.9. The zero-order valence-electron chi connectivity index (χ0n) is 11.0. The van der Waals surface area contributed by atoms with Crippen LogP contribution in [0.4, 0.5) is 0 Å². The van der Waals surface area contributed by atoms with Gasteiger partial charge in [0.2, 0.25) is 0 Å². The van der Waals surface area contributed by atoms with Gasteiger partial charge in [0.15, 0.2) is 0 Å². The van der Waals surface area contributed by atoms with E-state index in [0.717, 1.165) is 29.6 Å². The van der Waals surface area contributed by atoms with Gasteiger partial charge in [0.05, 0.1) is 0 Å². The molecule has 1 N–H and O–H groups in total. The van der Waals surface area contributed by atoms with Gasteiger partial charge in [-0.1, -0.05) is 28.9 Å². The Morgan fingerprint density at radius 3 is 2.94 bits per heavy atom. The molecule has 0 saturated carbocycles. The van der Waals surface area contributed by atoms with Gasteiger partial charge < -0.3 is 5.32 Å². The molecule has 1 aromatic rings. The van der Waals surface area contributed by atoms with Crippen LogP contribution in [0.1, 0.15) is 26.7 Å². The van der Waals surface area contributed by atoms with Gasteiger partial charge in [0, 0.05) is 27.6 Å². The summed E-state index contributed by atoms with van der Waals surface area (Å²) >= 11 is 5.40. The summed E-state index contributed by atoms with van der Waals surface area (Å²) in [5.41, 5.74) is 0. The van der Waals surface area contributed by atoms with Crippen LogP contribution in [-0.2, 0) is 0 Å². The SMILES string of the molecule is CC#CCCC(CSc1cccc(Br)c1)NCC. The maximum Gasteiger partial charge on any atom is 0.0186 e. The minimum atomic E-state index is 0.542. The lowest BCUT2D eigenvalue weighted by Gasteiger charge is -2.16. The third-order valence-corrected chi connectivity index (χ3v) is 4.18. The number of benzene rings is 1. The Morgan fingerprint density at radius 1 is 1.44 bits per heavy atom. The van der Waals surface area contributed by atoms with E-state index in [0.29, 0.717) is 6.04 Å². The van der Waals surface area contributed by atoms with Crippen LogP contribution in [0, 0.1) is 11.8 Å². The highest BCUT2D eigenvalue weighted by molar-refractivity contribution is 9.10. The molecule has 0 bridgehead atoms. The summed E-state index contributed by atoms with van der Waals surface area (Å²) in [6.45, 7) is 5.07. The average Bonchev–Trinajstić information content (AvgIpc) is 2.36. The van der Waals surface area contributed by atoms with E-state index in [1.54, 1.807) is 0 Å². The van der Waals surface area contributed by atoms with E-state index in [1.165, 1.54) is 4.90 Å². The average molecular weight is 326 g/mol. The molecule has 0 fully saturated rings. The quantitative estimate of drug-likeness (QED) is 0.591. The molecule has 1 rings (SSSR count). The Morgan fingerprint density at radius 2 is 2.28 bits per heavy atom. The van der Waals surface area contributed by atoms with Gasteiger partial charge in [-0.25, -0.2) is 0 Å². The predicted octanol–water partition coefficient (Wildman–Crippen LogP) is 4.32. The maximum atomic E-state index is 3.53. The van der Waals surface area contributed by atoms with E-state index in [2.05, 4.69) is 64.3 Å². The van der Waals surface area contributed by atoms with Gasteiger partial charge in [-0.15, -0.1) is 23.6 Å². The van der Waals surface area contributed by atoms with Crippen molar-refractivity contribution in [3.63, 3.8) is 0 Å². The second-order valence-electron chi connectivity index (χ2n) is 3.99. The van der Waals surface area contributed by atoms with Crippen LogP contribution in [0.5, 0.6) is 0 Å². The second-order valence-corrected chi connectivity index (χ2v) is 6.00. The molecule has 0 aromatic heterocycles. The van der Waals surface area contributed by atoms with Gasteiger partial charge in [-0.05, 0) is 38.1 Å². The monoisotopic (exact) mass is 325 g/mol. The molecular formula is C15H20BrNS. The van der Waals surface area contributed by atoms with Crippen molar-refractivity contribution in [2.24, 2.45) is 0 Å². The Hall–Kier alpha value is -0.430. The zero-order chi connectivity index (χ0) is 13.2. The van der Waals surface area contributed by atoms with Gasteiger partial charge in [0.25, 0.3) is 0 Å². The molecule has 0 amide bonds. The van der Waals surface area contributed by atoms with E-state index in [4.69, 9.17) is 0 Å². The van der Waals surface area contributed by atoms with Crippen LogP contribution >= 0.6 is 27.7 Å². The van der Waals surface area contributed by atoms with E-state index < -0.39 is 0 Å². The number of hydrogen-bond donors (Lipinski definition) is 1. The standard InChI is InChI=1S/C15H20BrNS/c1-3-5-6-9-14(17-4-2)12-18-15-10-7-8-13(16)11-15/h7-8,10-11,14,17H,4,6,9,12H2,1-2H3. The normalized spacial score (nSPS) is 11.7. The first-order chi connectivity index (χ1) is 8.76. The molecule has 0 spiro atoms. The molecule has 0 aliphatic heterocycles. The fraction of sp³-hybridized carbons (Fsp3) is 0.467. The Kier molecular flexibility index (Phi) is 8.24. The summed E-state index contributed by atoms with van der Waals surface area (Å²) in [4.78, 5) is 1.31. The van der Waals surface area contributed by atoms with Crippen LogP contribution in [0.25, 0.3) is 0 Å². The summed E-state index contributed by atoms with van der Waals surface area (Å²) in [6.07, 6.45) is 2.10. The predicted molar refractivity (Wildman–Crippen MR) is 85.0 cm³/mol. The zero-order valence-corrected chi connectivity index (χ0v) is 13.4. The molecule has 0 heterocycles. The lowest BCUT2D eigenvalue weighted by atomic mass is 10.2. The van der Waals surface area contributed by atoms with Gasteiger partial charge in [-0.2, -0.15) is 0 Å². The van der Waals surface area contributed by atoms with Crippen molar-refractivity contribution in [1.29, 1.82) is 0 Å². The van der Waals surface area contributed by atoms with Crippen LogP contribution in [0.3, 0.4) is 0 Å². The molecule has 1 aromatic carbocycles. The number of thioether (sulfide) groups is 1. The van der Waals surface area contributed by atoms with Crippen molar-refractivity contribution in [1.82, 2.24) is 5.32 Å². The summed E-state index contributed by atoms with van der Waals surface area (Å²) < 4.78 is 1.14. The molecule has 1 unspecified atom stereocenters. The number of nitrogens with one attached hydrogen (secondary N) is 1. The fourth-order valence-electron chi connectivity index (χ4n) is 1.66. The van der Waals surface area contributed by atoms with Crippen molar-refractivity contribution >= 4 is 27.7 Å². The Balaban J connectivity index is 2.42. The summed E-state index contributed by atoms with van der Waals surface area (Å²) in [6, 6.07) is 9.00. The molecule has 18 heavy (non-hydrogen) atoms. The van der Waals surface area contributed by atoms with Crippen LogP contribution in [0.2, 0.25) is 0 Å². The third-order valence-electron chi connectivity index (χ3n) is 2.53. The summed E-state index contributed by atoms with van der Waals surface area (Å²) in [7, 11) is 0. The summed E-state index contributed by atoms with van der Waals surface area (Å²) in [5, 5.41) is 3.53. The molecular weight excluding hydrogens is 306 g/mol. The van der Waals surface area contributed by atoms with Crippen molar-refractivity contribution in [3.05, 3.63) is 28.7 Å². The maximum absolute atomic E-state index is 3.53. The Bertz CT molecular complexity index is 408. The van der Waals surface area contributed by atoms with Crippen molar-refractivity contribution in [2.45, 2.75) is 37.6 Å². The highest BCUT2D eigenvalue weighted by Gasteiger charge is 2.07. The topological polar surface area (TPSA) is 12.0 Å². The van der Waals surface area contributed by atoms with Gasteiger partial charge in [0.1, 0.15) is 0 Å². The number of hydrogen-bond acceptors (Lipinski definition) is 2. The first-order valence-electron chi connectivity index (χ1n) is 6.27. The van der Waals surface area contributed by atoms with Crippen molar-refractivity contribution in [2.75, 3.05) is 12.3 Å². The van der Waals surface area contributed by atoms with Crippen molar-refractivity contribution < 1.29 is 0 Å².